The van der Waals surface area contributed by atoms with Crippen molar-refractivity contribution in [1.29, 1.82) is 0 Å². The summed E-state index contributed by atoms with van der Waals surface area (Å²) in [6.45, 7) is 1.93. The van der Waals surface area contributed by atoms with Crippen LogP contribution in [0.3, 0.4) is 0 Å². The molecule has 0 spiro atoms. The van der Waals surface area contributed by atoms with Crippen LogP contribution in [0.15, 0.2) is 18.2 Å². The van der Waals surface area contributed by atoms with Gasteiger partial charge in [0.1, 0.15) is 0 Å². The molecule has 0 aliphatic heterocycles. The first kappa shape index (κ1) is 12.1. The highest BCUT2D eigenvalue weighted by Gasteiger charge is 2.10. The van der Waals surface area contributed by atoms with Crippen LogP contribution >= 0.6 is 23.2 Å². The van der Waals surface area contributed by atoms with Crippen molar-refractivity contribution in [3.8, 4) is 0 Å². The van der Waals surface area contributed by atoms with E-state index in [0.717, 1.165) is 10.9 Å². The van der Waals surface area contributed by atoms with E-state index >= 15 is 0 Å². The van der Waals surface area contributed by atoms with Gasteiger partial charge in [0.05, 0.1) is 27.7 Å². The molecular formula is C12H10Cl2N2O. The van der Waals surface area contributed by atoms with Gasteiger partial charge in [-0.25, -0.2) is 0 Å². The number of halogens is 2. The Kier molecular flexibility index (Phi) is 3.22. The van der Waals surface area contributed by atoms with Crippen molar-refractivity contribution in [3.63, 3.8) is 0 Å². The van der Waals surface area contributed by atoms with Gasteiger partial charge in [-0.2, -0.15) is 0 Å². The predicted molar refractivity (Wildman–Crippen MR) is 69.4 cm³/mol. The number of pyridine rings is 1. The Labute approximate surface area is 109 Å². The van der Waals surface area contributed by atoms with Crippen LogP contribution in [-0.4, -0.2) is 10.9 Å². The summed E-state index contributed by atoms with van der Waals surface area (Å²) in [5, 5.41) is 1.77. The van der Waals surface area contributed by atoms with Gasteiger partial charge in [-0.05, 0) is 24.6 Å². The quantitative estimate of drug-likeness (QED) is 0.911. The van der Waals surface area contributed by atoms with Gasteiger partial charge < -0.3 is 5.73 Å². The van der Waals surface area contributed by atoms with E-state index in [1.54, 1.807) is 6.07 Å². The van der Waals surface area contributed by atoms with E-state index in [1.165, 1.54) is 0 Å². The normalized spacial score (nSPS) is 10.8. The molecule has 0 saturated heterocycles. The first-order valence-corrected chi connectivity index (χ1v) is 5.77. The molecule has 2 rings (SSSR count). The van der Waals surface area contributed by atoms with E-state index in [-0.39, 0.29) is 6.42 Å². The van der Waals surface area contributed by atoms with Crippen LogP contribution in [0.25, 0.3) is 10.9 Å². The Hall–Kier alpha value is -1.32. The minimum atomic E-state index is -0.422. The van der Waals surface area contributed by atoms with Crippen molar-refractivity contribution >= 4 is 40.0 Å². The van der Waals surface area contributed by atoms with E-state index in [1.807, 2.05) is 19.1 Å². The van der Waals surface area contributed by atoms with Crippen LogP contribution in [0.5, 0.6) is 0 Å². The predicted octanol–water partition coefficient (Wildman–Crippen LogP) is 2.88. The number of nitrogens with two attached hydrogens (primary N) is 1. The molecule has 5 heteroatoms. The molecule has 0 atom stereocenters. The highest BCUT2D eigenvalue weighted by atomic mass is 35.5. The zero-order valence-electron chi connectivity index (χ0n) is 9.13. The number of primary amides is 1. The molecule has 1 aromatic heterocycles. The van der Waals surface area contributed by atoms with Crippen molar-refractivity contribution in [1.82, 2.24) is 4.98 Å². The lowest BCUT2D eigenvalue weighted by atomic mass is 10.1. The number of rotatable bonds is 2. The van der Waals surface area contributed by atoms with Crippen LogP contribution in [0.2, 0.25) is 10.0 Å². The molecule has 0 aliphatic rings. The summed E-state index contributed by atoms with van der Waals surface area (Å²) in [6, 6.07) is 5.42. The third kappa shape index (κ3) is 2.35. The standard InChI is InChI=1S/C12H10Cl2N2O/c1-6-4-7(5-10(15)17)16-12-8(6)2-3-9(13)11(12)14/h2-4H,5H2,1H3,(H2,15,17). The van der Waals surface area contributed by atoms with E-state index in [4.69, 9.17) is 28.9 Å². The second-order valence-corrected chi connectivity index (χ2v) is 4.62. The van der Waals surface area contributed by atoms with Crippen LogP contribution in [-0.2, 0) is 11.2 Å². The molecule has 0 bridgehead atoms. The molecule has 1 amide bonds. The fraction of sp³-hybridized carbons (Fsp3) is 0.167. The molecule has 88 valence electrons. The summed E-state index contributed by atoms with van der Waals surface area (Å²) in [5.41, 5.74) is 7.35. The Morgan fingerprint density at radius 1 is 1.41 bits per heavy atom. The van der Waals surface area contributed by atoms with Crippen molar-refractivity contribution in [2.24, 2.45) is 5.73 Å². The molecule has 0 aliphatic carbocycles. The lowest BCUT2D eigenvalue weighted by molar-refractivity contribution is -0.117. The molecule has 1 aromatic carbocycles. The van der Waals surface area contributed by atoms with Gasteiger partial charge in [-0.15, -0.1) is 0 Å². The van der Waals surface area contributed by atoms with Crippen LogP contribution in [0.4, 0.5) is 0 Å². The lowest BCUT2D eigenvalue weighted by Gasteiger charge is -2.07. The zero-order valence-corrected chi connectivity index (χ0v) is 10.6. The SMILES string of the molecule is Cc1cc(CC(N)=O)nc2c(Cl)c(Cl)ccc12. The van der Waals surface area contributed by atoms with Crippen LogP contribution in [0, 0.1) is 6.92 Å². The Bertz CT molecular complexity index is 611. The average Bonchev–Trinajstić information content (AvgIpc) is 2.23. The molecule has 0 fully saturated rings. The van der Waals surface area contributed by atoms with Crippen LogP contribution in [0.1, 0.15) is 11.3 Å². The Morgan fingerprint density at radius 3 is 2.76 bits per heavy atom. The first-order chi connectivity index (χ1) is 7.99. The maximum absolute atomic E-state index is 10.9. The number of amides is 1. The van der Waals surface area contributed by atoms with E-state index in [0.29, 0.717) is 21.3 Å². The summed E-state index contributed by atoms with van der Waals surface area (Å²) >= 11 is 12.0. The summed E-state index contributed by atoms with van der Waals surface area (Å²) in [7, 11) is 0. The molecule has 1 heterocycles. The van der Waals surface area contributed by atoms with Crippen LogP contribution < -0.4 is 5.73 Å². The summed E-state index contributed by atoms with van der Waals surface area (Å²) in [6.07, 6.45) is 0.0968. The molecule has 2 N–H and O–H groups in total. The van der Waals surface area contributed by atoms with Gasteiger partial charge in [0.25, 0.3) is 0 Å². The fourth-order valence-electron chi connectivity index (χ4n) is 1.74. The second kappa shape index (κ2) is 4.51. The second-order valence-electron chi connectivity index (χ2n) is 3.83. The third-order valence-corrected chi connectivity index (χ3v) is 3.28. The fourth-order valence-corrected chi connectivity index (χ4v) is 2.10. The first-order valence-electron chi connectivity index (χ1n) is 5.01. The topological polar surface area (TPSA) is 56.0 Å². The maximum Gasteiger partial charge on any atom is 0.223 e. The Morgan fingerprint density at radius 2 is 2.12 bits per heavy atom. The van der Waals surface area contributed by atoms with Gasteiger partial charge in [0.15, 0.2) is 0 Å². The maximum atomic E-state index is 10.9. The molecular weight excluding hydrogens is 259 g/mol. The number of fused-ring (bicyclic) bond motifs is 1. The van der Waals surface area contributed by atoms with E-state index in [9.17, 15) is 4.79 Å². The van der Waals surface area contributed by atoms with Gasteiger partial charge in [0, 0.05) is 5.39 Å². The van der Waals surface area contributed by atoms with Gasteiger partial charge in [0.2, 0.25) is 5.91 Å². The Balaban J connectivity index is 2.70. The highest BCUT2D eigenvalue weighted by Crippen LogP contribution is 2.31. The number of benzene rings is 1. The molecule has 2 aromatic rings. The number of nitrogens with zero attached hydrogens (tertiary/aromatic N) is 1. The summed E-state index contributed by atoms with van der Waals surface area (Å²) in [5.74, 6) is -0.422. The number of carbonyl (C=O) groups is 1. The number of aryl methyl sites for hydroxylation is 1. The number of carbonyl (C=O) groups excluding carboxylic acids is 1. The number of aromatic nitrogens is 1. The third-order valence-electron chi connectivity index (χ3n) is 2.49. The molecule has 3 nitrogen and oxygen atoms in total. The highest BCUT2D eigenvalue weighted by molar-refractivity contribution is 6.45. The van der Waals surface area contributed by atoms with Gasteiger partial charge >= 0.3 is 0 Å². The molecule has 0 unspecified atom stereocenters. The minimum Gasteiger partial charge on any atom is -0.369 e. The molecule has 17 heavy (non-hydrogen) atoms. The summed E-state index contributed by atoms with van der Waals surface area (Å²) in [4.78, 5) is 15.2. The van der Waals surface area contributed by atoms with Crippen molar-refractivity contribution in [2.75, 3.05) is 0 Å². The summed E-state index contributed by atoms with van der Waals surface area (Å²) < 4.78 is 0. The zero-order chi connectivity index (χ0) is 12.6. The molecule has 0 radical (unpaired) electrons. The van der Waals surface area contributed by atoms with Crippen molar-refractivity contribution < 1.29 is 4.79 Å². The number of hydrogen-bond donors (Lipinski definition) is 1. The van der Waals surface area contributed by atoms with Crippen molar-refractivity contribution in [2.45, 2.75) is 13.3 Å². The van der Waals surface area contributed by atoms with Gasteiger partial charge in [-0.3, -0.25) is 9.78 Å². The van der Waals surface area contributed by atoms with Gasteiger partial charge in [-0.1, -0.05) is 29.3 Å². The minimum absolute atomic E-state index is 0.0968. The number of hydrogen-bond acceptors (Lipinski definition) is 2. The average molecular weight is 269 g/mol. The molecule has 0 saturated carbocycles. The largest absolute Gasteiger partial charge is 0.369 e. The lowest BCUT2D eigenvalue weighted by Crippen LogP contribution is -2.14. The van der Waals surface area contributed by atoms with E-state index in [2.05, 4.69) is 4.98 Å². The van der Waals surface area contributed by atoms with E-state index < -0.39 is 5.91 Å². The van der Waals surface area contributed by atoms with Crippen molar-refractivity contribution in [3.05, 3.63) is 39.5 Å². The smallest absolute Gasteiger partial charge is 0.223 e. The monoisotopic (exact) mass is 268 g/mol.